The number of fused-ring (bicyclic) bond motifs is 1. The van der Waals surface area contributed by atoms with Crippen LogP contribution in [0.25, 0.3) is 0 Å². The molecule has 1 aromatic carbocycles. The number of carbonyl (C=O) groups excluding carboxylic acids is 1. The Labute approximate surface area is 146 Å². The van der Waals surface area contributed by atoms with Gasteiger partial charge < -0.3 is 24.8 Å². The van der Waals surface area contributed by atoms with E-state index in [9.17, 15) is 4.79 Å². The van der Waals surface area contributed by atoms with Crippen LogP contribution in [-0.4, -0.2) is 30.4 Å². The molecule has 1 aromatic rings. The summed E-state index contributed by atoms with van der Waals surface area (Å²) in [6, 6.07) is 5.21. The fourth-order valence-electron chi connectivity index (χ4n) is 2.80. The average Bonchev–Trinajstić information content (AvgIpc) is 2.52. The summed E-state index contributed by atoms with van der Waals surface area (Å²) in [5.41, 5.74) is 1.37. The van der Waals surface area contributed by atoms with Crippen molar-refractivity contribution >= 4 is 23.3 Å². The minimum atomic E-state index is -0.596. The molecule has 3 rings (SSSR count). The third-order valence-electron chi connectivity index (χ3n) is 3.80. The van der Waals surface area contributed by atoms with E-state index in [1.165, 1.54) is 0 Å². The van der Waals surface area contributed by atoms with Crippen molar-refractivity contribution in [2.24, 2.45) is 5.92 Å². The van der Waals surface area contributed by atoms with Crippen LogP contribution >= 0.6 is 12.2 Å². The third-order valence-corrected chi connectivity index (χ3v) is 4.02. The van der Waals surface area contributed by atoms with Gasteiger partial charge in [0.15, 0.2) is 16.6 Å². The molecule has 0 aliphatic carbocycles. The second-order valence-corrected chi connectivity index (χ2v) is 6.38. The molecule has 2 N–H and O–H groups in total. The van der Waals surface area contributed by atoms with Crippen LogP contribution < -0.4 is 20.1 Å². The molecule has 0 unspecified atom stereocenters. The first-order chi connectivity index (χ1) is 11.5. The number of hydrogen-bond acceptors (Lipinski definition) is 5. The van der Waals surface area contributed by atoms with Gasteiger partial charge in [0, 0.05) is 5.70 Å². The maximum Gasteiger partial charge on any atom is 0.317 e. The highest BCUT2D eigenvalue weighted by molar-refractivity contribution is 7.80. The van der Waals surface area contributed by atoms with E-state index in [2.05, 4.69) is 17.2 Å². The van der Waals surface area contributed by atoms with E-state index in [1.807, 2.05) is 32.0 Å². The molecule has 0 aromatic heterocycles. The van der Waals surface area contributed by atoms with E-state index in [1.54, 1.807) is 0 Å². The summed E-state index contributed by atoms with van der Waals surface area (Å²) in [6.07, 6.45) is -0.208. The molecule has 0 amide bonds. The van der Waals surface area contributed by atoms with Crippen LogP contribution in [0.5, 0.6) is 11.5 Å². The molecule has 2 aliphatic heterocycles. The van der Waals surface area contributed by atoms with E-state index in [0.717, 1.165) is 5.56 Å². The fourth-order valence-corrected chi connectivity index (χ4v) is 3.06. The van der Waals surface area contributed by atoms with E-state index in [4.69, 9.17) is 26.4 Å². The van der Waals surface area contributed by atoms with Crippen molar-refractivity contribution in [1.82, 2.24) is 10.6 Å². The summed E-state index contributed by atoms with van der Waals surface area (Å²) in [5, 5.41) is 6.48. The predicted molar refractivity (Wildman–Crippen MR) is 92.9 cm³/mol. The van der Waals surface area contributed by atoms with Gasteiger partial charge in [0.2, 0.25) is 0 Å². The highest BCUT2D eigenvalue weighted by atomic mass is 32.1. The molecule has 2 aliphatic rings. The fraction of sp³-hybridized carbons (Fsp3) is 0.412. The minimum Gasteiger partial charge on any atom is -0.486 e. The molecule has 0 radical (unpaired) electrons. The summed E-state index contributed by atoms with van der Waals surface area (Å²) in [5.74, 6) is 0.410. The van der Waals surface area contributed by atoms with E-state index in [-0.39, 0.29) is 18.1 Å². The molecular formula is C17H20N2O4S. The number of nitrogens with one attached hydrogen (secondary N) is 2. The van der Waals surface area contributed by atoms with Gasteiger partial charge in [0.1, 0.15) is 19.1 Å². The Bertz CT molecular complexity index is 689. The summed E-state index contributed by atoms with van der Waals surface area (Å²) in [6.45, 7) is 8.60. The standard InChI is InChI=1S/C17H20N2O4S/c1-9(2)23-16(20)14-10(3)18-17(24)19-15(14)11-4-5-12-13(8-11)22-7-6-21-12/h4-5,8-9,14-15H,3,6-7H2,1-2H3,(H2,18,19,24)/t14-,15+/m0/s1. The lowest BCUT2D eigenvalue weighted by Crippen LogP contribution is -2.51. The van der Waals surface area contributed by atoms with Gasteiger partial charge in [-0.1, -0.05) is 12.6 Å². The SMILES string of the molecule is C=C1NC(=S)N[C@H](c2ccc3c(c2)OCCO3)[C@H]1C(=O)OC(C)C. The Hall–Kier alpha value is -2.28. The second-order valence-electron chi connectivity index (χ2n) is 5.97. The van der Waals surface area contributed by atoms with E-state index >= 15 is 0 Å². The lowest BCUT2D eigenvalue weighted by Gasteiger charge is -2.35. The predicted octanol–water partition coefficient (Wildman–Crippen LogP) is 2.06. The van der Waals surface area contributed by atoms with Crippen LogP contribution in [-0.2, 0) is 9.53 Å². The molecule has 128 valence electrons. The Balaban J connectivity index is 1.93. The molecule has 0 bridgehead atoms. The van der Waals surface area contributed by atoms with Crippen LogP contribution in [0.15, 0.2) is 30.5 Å². The quantitative estimate of drug-likeness (QED) is 0.640. The van der Waals surface area contributed by atoms with E-state index < -0.39 is 5.92 Å². The van der Waals surface area contributed by atoms with Crippen LogP contribution in [0, 0.1) is 5.92 Å². The molecule has 24 heavy (non-hydrogen) atoms. The van der Waals surface area contributed by atoms with Gasteiger partial charge in [0.25, 0.3) is 0 Å². The lowest BCUT2D eigenvalue weighted by molar-refractivity contribution is -0.152. The normalized spacial score (nSPS) is 22.6. The van der Waals surface area contributed by atoms with Crippen molar-refractivity contribution in [3.05, 3.63) is 36.0 Å². The van der Waals surface area contributed by atoms with Gasteiger partial charge >= 0.3 is 5.97 Å². The first-order valence-corrected chi connectivity index (χ1v) is 8.23. The highest BCUT2D eigenvalue weighted by Gasteiger charge is 2.38. The van der Waals surface area contributed by atoms with Crippen molar-refractivity contribution in [2.45, 2.75) is 26.0 Å². The molecule has 1 saturated heterocycles. The number of benzene rings is 1. The molecular weight excluding hydrogens is 328 g/mol. The maximum atomic E-state index is 12.5. The van der Waals surface area contributed by atoms with Crippen LogP contribution in [0.2, 0.25) is 0 Å². The summed E-state index contributed by atoms with van der Waals surface area (Å²) in [4.78, 5) is 12.5. The Morgan fingerprint density at radius 3 is 2.75 bits per heavy atom. The second kappa shape index (κ2) is 6.68. The Morgan fingerprint density at radius 2 is 2.04 bits per heavy atom. The number of esters is 1. The van der Waals surface area contributed by atoms with Gasteiger partial charge in [-0.15, -0.1) is 0 Å². The van der Waals surface area contributed by atoms with Crippen LogP contribution in [0.4, 0.5) is 0 Å². The lowest BCUT2D eigenvalue weighted by atomic mass is 9.89. The van der Waals surface area contributed by atoms with Crippen molar-refractivity contribution in [3.63, 3.8) is 0 Å². The monoisotopic (exact) mass is 348 g/mol. The van der Waals surface area contributed by atoms with Crippen molar-refractivity contribution in [2.75, 3.05) is 13.2 Å². The molecule has 7 heteroatoms. The van der Waals surface area contributed by atoms with Gasteiger partial charge in [0.05, 0.1) is 12.1 Å². The molecule has 1 fully saturated rings. The zero-order chi connectivity index (χ0) is 17.3. The van der Waals surface area contributed by atoms with E-state index in [0.29, 0.717) is 35.5 Å². The smallest absolute Gasteiger partial charge is 0.317 e. The zero-order valence-electron chi connectivity index (χ0n) is 13.6. The topological polar surface area (TPSA) is 68.8 Å². The van der Waals surface area contributed by atoms with Gasteiger partial charge in [-0.2, -0.15) is 0 Å². The minimum absolute atomic E-state index is 0.208. The molecule has 2 atom stereocenters. The van der Waals surface area contributed by atoms with Crippen molar-refractivity contribution in [1.29, 1.82) is 0 Å². The number of rotatable bonds is 3. The van der Waals surface area contributed by atoms with Crippen molar-refractivity contribution < 1.29 is 19.0 Å². The number of carbonyl (C=O) groups is 1. The van der Waals surface area contributed by atoms with Crippen LogP contribution in [0.3, 0.4) is 0 Å². The average molecular weight is 348 g/mol. The number of thiocarbonyl (C=S) groups is 1. The zero-order valence-corrected chi connectivity index (χ0v) is 14.4. The number of ether oxygens (including phenoxy) is 3. The maximum absolute atomic E-state index is 12.5. The van der Waals surface area contributed by atoms with Gasteiger partial charge in [-0.05, 0) is 43.8 Å². The largest absolute Gasteiger partial charge is 0.486 e. The molecule has 0 spiro atoms. The highest BCUT2D eigenvalue weighted by Crippen LogP contribution is 2.37. The van der Waals surface area contributed by atoms with Crippen molar-refractivity contribution in [3.8, 4) is 11.5 Å². The Kier molecular flexibility index (Phi) is 4.62. The van der Waals surface area contributed by atoms with Crippen LogP contribution in [0.1, 0.15) is 25.5 Å². The first-order valence-electron chi connectivity index (χ1n) is 7.82. The number of hydrogen-bond donors (Lipinski definition) is 2. The molecule has 0 saturated carbocycles. The first kappa shape index (κ1) is 16.6. The summed E-state index contributed by atoms with van der Waals surface area (Å²) < 4.78 is 16.6. The van der Waals surface area contributed by atoms with Gasteiger partial charge in [-0.3, -0.25) is 4.79 Å². The third kappa shape index (κ3) is 3.31. The summed E-state index contributed by atoms with van der Waals surface area (Å²) >= 11 is 5.22. The summed E-state index contributed by atoms with van der Waals surface area (Å²) in [7, 11) is 0. The Morgan fingerprint density at radius 1 is 1.33 bits per heavy atom. The molecule has 6 nitrogen and oxygen atoms in total. The van der Waals surface area contributed by atoms with Gasteiger partial charge in [-0.25, -0.2) is 0 Å². The molecule has 2 heterocycles.